The molecule has 1 aliphatic rings. The first-order valence-electron chi connectivity index (χ1n) is 9.16. The lowest BCUT2D eigenvalue weighted by Gasteiger charge is -2.22. The molecule has 1 aromatic heterocycles. The number of sulfone groups is 1. The topological polar surface area (TPSA) is 105 Å². The van der Waals surface area contributed by atoms with Gasteiger partial charge in [-0.3, -0.25) is 4.79 Å². The van der Waals surface area contributed by atoms with Gasteiger partial charge in [0.1, 0.15) is 11.3 Å². The van der Waals surface area contributed by atoms with Gasteiger partial charge in [-0.1, -0.05) is 12.1 Å². The Morgan fingerprint density at radius 3 is 2.52 bits per heavy atom. The number of halogens is 1. The van der Waals surface area contributed by atoms with Gasteiger partial charge in [-0.05, 0) is 55.6 Å². The Morgan fingerprint density at radius 2 is 1.97 bits per heavy atom. The van der Waals surface area contributed by atoms with Crippen molar-refractivity contribution in [3.63, 3.8) is 0 Å². The Hall–Kier alpha value is -2.16. The van der Waals surface area contributed by atoms with Gasteiger partial charge in [0.05, 0.1) is 5.75 Å². The fourth-order valence-electron chi connectivity index (χ4n) is 3.38. The molecule has 158 valence electrons. The highest BCUT2D eigenvalue weighted by Gasteiger charge is 2.22. The Kier molecular flexibility index (Phi) is 7.62. The van der Waals surface area contributed by atoms with Crippen LogP contribution in [0, 0.1) is 6.92 Å². The van der Waals surface area contributed by atoms with E-state index in [1.165, 1.54) is 0 Å². The second kappa shape index (κ2) is 9.56. The number of anilines is 1. The minimum absolute atomic E-state index is 0. The molecule has 1 aliphatic heterocycles. The van der Waals surface area contributed by atoms with Gasteiger partial charge in [-0.2, -0.15) is 0 Å². The molecule has 0 radical (unpaired) electrons. The standard InChI is InChI=1S/C20H24N2O5S.ClH/c1-13-10-17(15-4-3-9-21-11-15)27-20(24)18(13)19(23)22-16-7-5-14(6-8-16)12-28(2,25)26;/h5-8,10,15,21H,3-4,9,11-12H2,1-2H3,(H,22,23);1H. The van der Waals surface area contributed by atoms with Crippen molar-refractivity contribution < 1.29 is 17.6 Å². The summed E-state index contributed by atoms with van der Waals surface area (Å²) in [5.41, 5.74) is 1.01. The summed E-state index contributed by atoms with van der Waals surface area (Å²) in [7, 11) is -3.13. The summed E-state index contributed by atoms with van der Waals surface area (Å²) in [6.07, 6.45) is 3.13. The minimum Gasteiger partial charge on any atom is -0.427 e. The highest BCUT2D eigenvalue weighted by molar-refractivity contribution is 7.89. The lowest BCUT2D eigenvalue weighted by molar-refractivity contribution is 0.102. The third kappa shape index (κ3) is 6.16. The van der Waals surface area contributed by atoms with Crippen LogP contribution in [0.3, 0.4) is 0 Å². The Bertz CT molecular complexity index is 1030. The normalized spacial score (nSPS) is 16.7. The molecule has 1 aromatic carbocycles. The first kappa shape index (κ1) is 23.1. The molecule has 7 nitrogen and oxygen atoms in total. The quantitative estimate of drug-likeness (QED) is 0.740. The SMILES string of the molecule is Cc1cc(C2CCCNC2)oc(=O)c1C(=O)Nc1ccc(CS(C)(=O)=O)cc1.Cl. The number of rotatable bonds is 5. The summed E-state index contributed by atoms with van der Waals surface area (Å²) in [6.45, 7) is 3.44. The Labute approximate surface area is 176 Å². The minimum atomic E-state index is -3.13. The second-order valence-corrected chi connectivity index (χ2v) is 9.40. The fraction of sp³-hybridized carbons (Fsp3) is 0.400. The van der Waals surface area contributed by atoms with E-state index in [1.807, 2.05) is 0 Å². The molecule has 2 heterocycles. The van der Waals surface area contributed by atoms with Crippen LogP contribution < -0.4 is 16.3 Å². The molecule has 1 atom stereocenters. The van der Waals surface area contributed by atoms with Crippen molar-refractivity contribution in [3.8, 4) is 0 Å². The summed E-state index contributed by atoms with van der Waals surface area (Å²) in [4.78, 5) is 25.0. The van der Waals surface area contributed by atoms with Crippen LogP contribution >= 0.6 is 12.4 Å². The third-order valence-corrected chi connectivity index (χ3v) is 5.59. The van der Waals surface area contributed by atoms with E-state index >= 15 is 0 Å². The summed E-state index contributed by atoms with van der Waals surface area (Å²) >= 11 is 0. The molecular weight excluding hydrogens is 416 g/mol. The molecule has 1 fully saturated rings. The van der Waals surface area contributed by atoms with Crippen LogP contribution in [0.25, 0.3) is 0 Å². The number of hydrogen-bond donors (Lipinski definition) is 2. The third-order valence-electron chi connectivity index (χ3n) is 4.73. The van der Waals surface area contributed by atoms with E-state index < -0.39 is 21.4 Å². The maximum absolute atomic E-state index is 12.6. The van der Waals surface area contributed by atoms with Crippen LogP contribution in [0.5, 0.6) is 0 Å². The van der Waals surface area contributed by atoms with Crippen LogP contribution in [-0.4, -0.2) is 33.7 Å². The molecule has 2 aromatic rings. The molecule has 0 aliphatic carbocycles. The summed E-state index contributed by atoms with van der Waals surface area (Å²) in [5, 5.41) is 5.95. The molecule has 9 heteroatoms. The first-order chi connectivity index (χ1) is 13.2. The number of aryl methyl sites for hydroxylation is 1. The van der Waals surface area contributed by atoms with Crippen molar-refractivity contribution >= 4 is 33.8 Å². The van der Waals surface area contributed by atoms with E-state index in [4.69, 9.17) is 4.42 Å². The highest BCUT2D eigenvalue weighted by atomic mass is 35.5. The van der Waals surface area contributed by atoms with Gasteiger partial charge >= 0.3 is 5.63 Å². The monoisotopic (exact) mass is 440 g/mol. The first-order valence-corrected chi connectivity index (χ1v) is 11.2. The molecule has 3 rings (SSSR count). The second-order valence-electron chi connectivity index (χ2n) is 7.26. The van der Waals surface area contributed by atoms with E-state index in [9.17, 15) is 18.0 Å². The average Bonchev–Trinajstić information content (AvgIpc) is 2.62. The van der Waals surface area contributed by atoms with Gasteiger partial charge in [0, 0.05) is 24.4 Å². The lowest BCUT2D eigenvalue weighted by atomic mass is 9.95. The van der Waals surface area contributed by atoms with Crippen LogP contribution in [-0.2, 0) is 15.6 Å². The number of carbonyl (C=O) groups is 1. The molecule has 0 saturated carbocycles. The molecular formula is C20H25ClN2O5S. The van der Waals surface area contributed by atoms with Crippen molar-refractivity contribution in [3.05, 3.63) is 63.2 Å². The van der Waals surface area contributed by atoms with Crippen LogP contribution in [0.15, 0.2) is 39.5 Å². The van der Waals surface area contributed by atoms with Gasteiger partial charge in [-0.15, -0.1) is 12.4 Å². The van der Waals surface area contributed by atoms with E-state index in [0.717, 1.165) is 32.2 Å². The van der Waals surface area contributed by atoms with Crippen molar-refractivity contribution in [1.82, 2.24) is 5.32 Å². The van der Waals surface area contributed by atoms with Gasteiger partial charge in [0.15, 0.2) is 9.84 Å². The van der Waals surface area contributed by atoms with E-state index in [2.05, 4.69) is 10.6 Å². The molecule has 0 spiro atoms. The number of piperidine rings is 1. The van der Waals surface area contributed by atoms with E-state index in [1.54, 1.807) is 37.3 Å². The van der Waals surface area contributed by atoms with Gasteiger partial charge in [-0.25, -0.2) is 13.2 Å². The van der Waals surface area contributed by atoms with Gasteiger partial charge in [0.2, 0.25) is 0 Å². The van der Waals surface area contributed by atoms with Gasteiger partial charge in [0.25, 0.3) is 5.91 Å². The van der Waals surface area contributed by atoms with Crippen LogP contribution in [0.2, 0.25) is 0 Å². The fourth-order valence-corrected chi connectivity index (χ4v) is 4.18. The average molecular weight is 441 g/mol. The number of benzene rings is 1. The molecule has 2 N–H and O–H groups in total. The van der Waals surface area contributed by atoms with Crippen molar-refractivity contribution in [2.75, 3.05) is 24.7 Å². The summed E-state index contributed by atoms with van der Waals surface area (Å²) < 4.78 is 28.1. The Morgan fingerprint density at radius 1 is 1.28 bits per heavy atom. The number of carbonyl (C=O) groups excluding carboxylic acids is 1. The lowest BCUT2D eigenvalue weighted by Crippen LogP contribution is -2.30. The van der Waals surface area contributed by atoms with Crippen molar-refractivity contribution in [1.29, 1.82) is 0 Å². The van der Waals surface area contributed by atoms with Crippen molar-refractivity contribution in [2.24, 2.45) is 0 Å². The van der Waals surface area contributed by atoms with E-state index in [0.29, 0.717) is 22.6 Å². The molecule has 1 amide bonds. The van der Waals surface area contributed by atoms with E-state index in [-0.39, 0.29) is 29.6 Å². The zero-order valence-corrected chi connectivity index (χ0v) is 18.0. The maximum atomic E-state index is 12.6. The van der Waals surface area contributed by atoms with Gasteiger partial charge < -0.3 is 15.1 Å². The predicted molar refractivity (Wildman–Crippen MR) is 115 cm³/mol. The molecule has 1 unspecified atom stereocenters. The van der Waals surface area contributed by atoms with Crippen LogP contribution in [0.1, 0.15) is 46.0 Å². The molecule has 0 bridgehead atoms. The number of amides is 1. The zero-order valence-electron chi connectivity index (χ0n) is 16.4. The van der Waals surface area contributed by atoms with Crippen molar-refractivity contribution in [2.45, 2.75) is 31.4 Å². The number of hydrogen-bond acceptors (Lipinski definition) is 6. The smallest absolute Gasteiger partial charge is 0.349 e. The molecule has 1 saturated heterocycles. The predicted octanol–water partition coefficient (Wildman–Crippen LogP) is 2.63. The summed E-state index contributed by atoms with van der Waals surface area (Å²) in [5.74, 6) is 0.132. The summed E-state index contributed by atoms with van der Waals surface area (Å²) in [6, 6.07) is 8.24. The number of nitrogens with one attached hydrogen (secondary N) is 2. The van der Waals surface area contributed by atoms with Crippen LogP contribution in [0.4, 0.5) is 5.69 Å². The maximum Gasteiger partial charge on any atom is 0.349 e. The largest absolute Gasteiger partial charge is 0.427 e. The zero-order chi connectivity index (χ0) is 20.3. The molecule has 29 heavy (non-hydrogen) atoms. The highest BCUT2D eigenvalue weighted by Crippen LogP contribution is 2.24. The Balaban J connectivity index is 0.00000300.